The number of aromatic nitrogens is 1. The molecule has 9 nitrogen and oxygen atoms in total. The number of aryl methyl sites for hydroxylation is 1. The number of carbonyl (C=O) groups excluding carboxylic acids is 2. The first kappa shape index (κ1) is 27.0. The molecule has 4 rings (SSSR count). The minimum Gasteiger partial charge on any atom is -0.334 e. The summed E-state index contributed by atoms with van der Waals surface area (Å²) in [5, 5.41) is 4.51. The normalized spacial score (nSPS) is 16.5. The first-order valence-corrected chi connectivity index (χ1v) is 13.1. The van der Waals surface area contributed by atoms with Gasteiger partial charge in [0.1, 0.15) is 0 Å². The van der Waals surface area contributed by atoms with Crippen LogP contribution in [0.25, 0.3) is 10.9 Å². The van der Waals surface area contributed by atoms with Gasteiger partial charge >= 0.3 is 12.1 Å². The van der Waals surface area contributed by atoms with E-state index in [9.17, 15) is 31.2 Å². The van der Waals surface area contributed by atoms with Crippen molar-refractivity contribution in [2.24, 2.45) is 11.0 Å². The van der Waals surface area contributed by atoms with Crippen molar-refractivity contribution < 1.29 is 31.2 Å². The first-order chi connectivity index (χ1) is 17.9. The van der Waals surface area contributed by atoms with Gasteiger partial charge in [-0.1, -0.05) is 35.9 Å². The molecule has 1 aliphatic heterocycles. The molecule has 1 aromatic heterocycles. The number of benzene rings is 2. The number of pyridine rings is 1. The van der Waals surface area contributed by atoms with E-state index < -0.39 is 33.9 Å². The Morgan fingerprint density at radius 2 is 1.84 bits per heavy atom. The van der Waals surface area contributed by atoms with Gasteiger partial charge in [0.2, 0.25) is 5.91 Å². The Kier molecular flexibility index (Phi) is 7.67. The number of nitrogens with zero attached hydrogens (tertiary/aromatic N) is 3. The van der Waals surface area contributed by atoms with Crippen molar-refractivity contribution in [2.45, 2.75) is 30.8 Å². The van der Waals surface area contributed by atoms with Gasteiger partial charge in [-0.3, -0.25) is 14.3 Å². The average Bonchev–Trinajstić information content (AvgIpc) is 2.88. The lowest BCUT2D eigenvalue weighted by atomic mass is 9.97. The number of alkyl halides is 3. The number of piperidine rings is 1. The Hall–Kier alpha value is -4.00. The number of hydrogen-bond donors (Lipinski definition) is 2. The minimum absolute atomic E-state index is 0.0671. The molecule has 200 valence electrons. The number of rotatable bonds is 6. The van der Waals surface area contributed by atoms with Gasteiger partial charge in [0.15, 0.2) is 0 Å². The molecule has 0 bridgehead atoms. The van der Waals surface area contributed by atoms with E-state index in [1.54, 1.807) is 42.5 Å². The zero-order chi connectivity index (χ0) is 27.5. The van der Waals surface area contributed by atoms with Crippen molar-refractivity contribution >= 4 is 44.6 Å². The predicted molar refractivity (Wildman–Crippen MR) is 135 cm³/mol. The number of fused-ring (bicyclic) bond motifs is 1. The van der Waals surface area contributed by atoms with E-state index in [0.29, 0.717) is 27.9 Å². The highest BCUT2D eigenvalue weighted by Crippen LogP contribution is 2.25. The van der Waals surface area contributed by atoms with Gasteiger partial charge in [0.25, 0.3) is 10.0 Å². The van der Waals surface area contributed by atoms with Crippen molar-refractivity contribution in [3.8, 4) is 0 Å². The standard InChI is InChI=1S/C25H24F3N5O4S/c1-16-7-11-20(12-8-16)38(36,37)32-21-6-2-4-17-9-10-19(30-22(17)21)14-29-31-23(34)18-5-3-13-33(15-18)24(35)25(26,27)28/h2,4,6-12,14,18,32H,3,5,13,15H2,1H3,(H,31,34)/b29-14+. The van der Waals surface area contributed by atoms with E-state index in [-0.39, 0.29) is 30.1 Å². The van der Waals surface area contributed by atoms with Gasteiger partial charge in [0, 0.05) is 18.5 Å². The highest BCUT2D eigenvalue weighted by molar-refractivity contribution is 7.92. The van der Waals surface area contributed by atoms with Crippen LogP contribution in [-0.2, 0) is 19.6 Å². The maximum Gasteiger partial charge on any atom is 0.471 e. The number of carbonyl (C=O) groups is 2. The highest BCUT2D eigenvalue weighted by atomic mass is 32.2. The molecule has 2 aromatic carbocycles. The monoisotopic (exact) mass is 547 g/mol. The molecule has 0 aliphatic carbocycles. The lowest BCUT2D eigenvalue weighted by molar-refractivity contribution is -0.187. The number of anilines is 1. The number of halogens is 3. The van der Waals surface area contributed by atoms with Gasteiger partial charge in [-0.25, -0.2) is 18.8 Å². The van der Waals surface area contributed by atoms with Crippen molar-refractivity contribution in [1.82, 2.24) is 15.3 Å². The molecule has 2 N–H and O–H groups in total. The molecule has 38 heavy (non-hydrogen) atoms. The van der Waals surface area contributed by atoms with Crippen LogP contribution in [0.15, 0.2) is 64.6 Å². The molecule has 0 spiro atoms. The second kappa shape index (κ2) is 10.8. The van der Waals surface area contributed by atoms with E-state index in [4.69, 9.17) is 0 Å². The fourth-order valence-electron chi connectivity index (χ4n) is 4.05. The van der Waals surface area contributed by atoms with E-state index in [1.165, 1.54) is 18.3 Å². The van der Waals surface area contributed by atoms with Crippen LogP contribution in [0, 0.1) is 12.8 Å². The molecule has 3 aromatic rings. The Bertz CT molecular complexity index is 1490. The fourth-order valence-corrected chi connectivity index (χ4v) is 5.11. The van der Waals surface area contributed by atoms with Crippen molar-refractivity contribution in [3.05, 3.63) is 65.9 Å². The van der Waals surface area contributed by atoms with Gasteiger partial charge in [-0.2, -0.15) is 18.3 Å². The van der Waals surface area contributed by atoms with Crippen LogP contribution in [0.4, 0.5) is 18.9 Å². The second-order valence-corrected chi connectivity index (χ2v) is 10.5. The number of nitrogens with one attached hydrogen (secondary N) is 2. The summed E-state index contributed by atoms with van der Waals surface area (Å²) in [7, 11) is -3.87. The molecule has 0 radical (unpaired) electrons. The summed E-state index contributed by atoms with van der Waals surface area (Å²) < 4.78 is 66.4. The third kappa shape index (κ3) is 6.28. The van der Waals surface area contributed by atoms with E-state index in [1.807, 2.05) is 6.92 Å². The van der Waals surface area contributed by atoms with E-state index in [2.05, 4.69) is 20.2 Å². The summed E-state index contributed by atoms with van der Waals surface area (Å²) in [6.07, 6.45) is -3.17. The second-order valence-electron chi connectivity index (χ2n) is 8.85. The van der Waals surface area contributed by atoms with Crippen LogP contribution in [0.1, 0.15) is 24.1 Å². The Morgan fingerprint density at radius 3 is 2.55 bits per heavy atom. The summed E-state index contributed by atoms with van der Waals surface area (Å²) >= 11 is 0. The summed E-state index contributed by atoms with van der Waals surface area (Å²) in [5.41, 5.74) is 4.11. The molecule has 13 heteroatoms. The number of para-hydroxylation sites is 1. The van der Waals surface area contributed by atoms with Crippen LogP contribution in [-0.4, -0.2) is 55.6 Å². The van der Waals surface area contributed by atoms with E-state index >= 15 is 0 Å². The summed E-state index contributed by atoms with van der Waals surface area (Å²) in [5.74, 6) is -3.42. The molecule has 0 saturated carbocycles. The number of hydrogen-bond acceptors (Lipinski definition) is 6. The van der Waals surface area contributed by atoms with Crippen LogP contribution < -0.4 is 10.1 Å². The number of sulfonamides is 1. The number of likely N-dealkylation sites (tertiary alicyclic amines) is 1. The van der Waals surface area contributed by atoms with Crippen LogP contribution in [0.5, 0.6) is 0 Å². The van der Waals surface area contributed by atoms with Gasteiger partial charge in [-0.15, -0.1) is 0 Å². The topological polar surface area (TPSA) is 121 Å². The smallest absolute Gasteiger partial charge is 0.334 e. The maximum absolute atomic E-state index is 12.9. The fraction of sp³-hybridized carbons (Fsp3) is 0.280. The lowest BCUT2D eigenvalue weighted by Gasteiger charge is -2.31. The zero-order valence-corrected chi connectivity index (χ0v) is 21.0. The van der Waals surface area contributed by atoms with Crippen molar-refractivity contribution in [3.63, 3.8) is 0 Å². The maximum atomic E-state index is 12.9. The molecule has 2 amide bonds. The van der Waals surface area contributed by atoms with Crippen LogP contribution >= 0.6 is 0 Å². The number of hydrazone groups is 1. The molecule has 2 heterocycles. The third-order valence-electron chi connectivity index (χ3n) is 6.01. The average molecular weight is 548 g/mol. The lowest BCUT2D eigenvalue weighted by Crippen LogP contribution is -2.49. The van der Waals surface area contributed by atoms with Crippen LogP contribution in [0.2, 0.25) is 0 Å². The Labute approximate surface area is 216 Å². The van der Waals surface area contributed by atoms with Crippen LogP contribution in [0.3, 0.4) is 0 Å². The third-order valence-corrected chi connectivity index (χ3v) is 7.39. The van der Waals surface area contributed by atoms with Gasteiger partial charge in [-0.05, 0) is 44.0 Å². The SMILES string of the molecule is Cc1ccc(S(=O)(=O)Nc2cccc3ccc(/C=N/NC(=O)C4CCCN(C(=O)C(F)(F)F)C4)nc23)cc1. The molecule has 1 saturated heterocycles. The zero-order valence-electron chi connectivity index (χ0n) is 20.2. The summed E-state index contributed by atoms with van der Waals surface area (Å²) in [6, 6.07) is 14.7. The molecule has 1 aliphatic rings. The molecule has 1 fully saturated rings. The Morgan fingerprint density at radius 1 is 1.11 bits per heavy atom. The summed E-state index contributed by atoms with van der Waals surface area (Å²) in [6.45, 7) is 1.43. The number of amides is 2. The van der Waals surface area contributed by atoms with Gasteiger partial charge < -0.3 is 4.90 Å². The molecular weight excluding hydrogens is 523 g/mol. The van der Waals surface area contributed by atoms with E-state index in [0.717, 1.165) is 5.56 Å². The largest absolute Gasteiger partial charge is 0.471 e. The molecule has 1 unspecified atom stereocenters. The predicted octanol–water partition coefficient (Wildman–Crippen LogP) is 3.60. The molecular formula is C25H24F3N5O4S. The highest BCUT2D eigenvalue weighted by Gasteiger charge is 2.44. The quantitative estimate of drug-likeness (QED) is 0.361. The van der Waals surface area contributed by atoms with Gasteiger partial charge in [0.05, 0.1) is 33.9 Å². The molecule has 1 atom stereocenters. The first-order valence-electron chi connectivity index (χ1n) is 11.6. The summed E-state index contributed by atoms with van der Waals surface area (Å²) in [4.78, 5) is 29.1. The van der Waals surface area contributed by atoms with Crippen molar-refractivity contribution in [2.75, 3.05) is 17.8 Å². The Balaban J connectivity index is 1.46. The van der Waals surface area contributed by atoms with Crippen molar-refractivity contribution in [1.29, 1.82) is 0 Å². The minimum atomic E-state index is -4.99.